The van der Waals surface area contributed by atoms with Gasteiger partial charge in [0.15, 0.2) is 0 Å². The predicted octanol–water partition coefficient (Wildman–Crippen LogP) is 3.40. The van der Waals surface area contributed by atoms with E-state index in [4.69, 9.17) is 0 Å². The Hall–Kier alpha value is -1.20. The summed E-state index contributed by atoms with van der Waals surface area (Å²) in [7, 11) is 0. The summed E-state index contributed by atoms with van der Waals surface area (Å²) in [6, 6.07) is 3.87. The number of aromatic nitrogens is 1. The van der Waals surface area contributed by atoms with Crippen molar-refractivity contribution in [1.82, 2.24) is 4.98 Å². The van der Waals surface area contributed by atoms with Crippen molar-refractivity contribution in [3.63, 3.8) is 0 Å². The van der Waals surface area contributed by atoms with Gasteiger partial charge in [-0.15, -0.1) is 0 Å². The van der Waals surface area contributed by atoms with Gasteiger partial charge in [0.25, 0.3) is 0 Å². The van der Waals surface area contributed by atoms with E-state index in [9.17, 15) is 4.79 Å². The second-order valence-electron chi connectivity index (χ2n) is 3.68. The number of thiophene rings is 1. The van der Waals surface area contributed by atoms with E-state index in [1.54, 1.807) is 17.5 Å². The molecule has 0 unspecified atom stereocenters. The van der Waals surface area contributed by atoms with Crippen molar-refractivity contribution in [2.75, 3.05) is 5.32 Å². The molecule has 88 valence electrons. The minimum atomic E-state index is -0.0404. The van der Waals surface area contributed by atoms with Crippen LogP contribution in [-0.2, 0) is 11.2 Å². The second-order valence-corrected chi connectivity index (χ2v) is 5.37. The van der Waals surface area contributed by atoms with Crippen LogP contribution in [0.1, 0.15) is 11.1 Å². The maximum atomic E-state index is 11.8. The van der Waals surface area contributed by atoms with Gasteiger partial charge in [0.1, 0.15) is 5.82 Å². The van der Waals surface area contributed by atoms with E-state index < -0.39 is 0 Å². The molecule has 0 aliphatic heterocycles. The van der Waals surface area contributed by atoms with Gasteiger partial charge in [-0.25, -0.2) is 4.98 Å². The first-order valence-electron chi connectivity index (χ1n) is 5.08. The standard InChI is InChI=1S/C12H11BrN2OS/c1-8-4-10(13)6-14-12(8)15-11(16)5-9-2-3-17-7-9/h2-4,6-7H,5H2,1H3,(H,14,15,16). The molecule has 0 radical (unpaired) electrons. The summed E-state index contributed by atoms with van der Waals surface area (Å²) in [6.07, 6.45) is 2.06. The Bertz CT molecular complexity index is 525. The predicted molar refractivity (Wildman–Crippen MR) is 73.3 cm³/mol. The Balaban J connectivity index is 2.03. The van der Waals surface area contributed by atoms with Gasteiger partial charge in [-0.1, -0.05) is 0 Å². The molecular formula is C12H11BrN2OS. The quantitative estimate of drug-likeness (QED) is 0.944. The Kier molecular flexibility index (Phi) is 3.91. The van der Waals surface area contributed by atoms with Crippen LogP contribution in [-0.4, -0.2) is 10.9 Å². The molecule has 0 spiro atoms. The van der Waals surface area contributed by atoms with Crippen LogP contribution in [0.5, 0.6) is 0 Å². The SMILES string of the molecule is Cc1cc(Br)cnc1NC(=O)Cc1ccsc1. The molecule has 0 saturated heterocycles. The molecule has 0 aliphatic carbocycles. The van der Waals surface area contributed by atoms with E-state index in [0.29, 0.717) is 12.2 Å². The van der Waals surface area contributed by atoms with E-state index in [2.05, 4.69) is 26.2 Å². The summed E-state index contributed by atoms with van der Waals surface area (Å²) >= 11 is 4.93. The Morgan fingerprint density at radius 3 is 3.06 bits per heavy atom. The van der Waals surface area contributed by atoms with Gasteiger partial charge in [-0.3, -0.25) is 4.79 Å². The molecule has 1 N–H and O–H groups in total. The molecule has 0 atom stereocenters. The van der Waals surface area contributed by atoms with Crippen molar-refractivity contribution in [3.05, 3.63) is 44.7 Å². The fourth-order valence-corrected chi connectivity index (χ4v) is 2.54. The third-order valence-corrected chi connectivity index (χ3v) is 3.41. The zero-order chi connectivity index (χ0) is 12.3. The van der Waals surface area contributed by atoms with Crippen LogP contribution >= 0.6 is 27.3 Å². The maximum absolute atomic E-state index is 11.8. The molecule has 0 aliphatic rings. The summed E-state index contributed by atoms with van der Waals surface area (Å²) in [4.78, 5) is 15.9. The number of carbonyl (C=O) groups excluding carboxylic acids is 1. The lowest BCUT2D eigenvalue weighted by molar-refractivity contribution is -0.115. The minimum absolute atomic E-state index is 0.0404. The summed E-state index contributed by atoms with van der Waals surface area (Å²) in [5.74, 6) is 0.578. The Morgan fingerprint density at radius 2 is 2.41 bits per heavy atom. The van der Waals surface area contributed by atoms with Crippen molar-refractivity contribution >= 4 is 39.0 Å². The number of halogens is 1. The van der Waals surface area contributed by atoms with Gasteiger partial charge in [0.05, 0.1) is 6.42 Å². The van der Waals surface area contributed by atoms with E-state index in [0.717, 1.165) is 15.6 Å². The summed E-state index contributed by atoms with van der Waals surface area (Å²) in [5, 5.41) is 6.75. The monoisotopic (exact) mass is 310 g/mol. The van der Waals surface area contributed by atoms with E-state index in [-0.39, 0.29) is 5.91 Å². The van der Waals surface area contributed by atoms with Gasteiger partial charge < -0.3 is 5.32 Å². The Morgan fingerprint density at radius 1 is 1.59 bits per heavy atom. The van der Waals surface area contributed by atoms with Crippen molar-refractivity contribution in [2.45, 2.75) is 13.3 Å². The lowest BCUT2D eigenvalue weighted by Crippen LogP contribution is -2.15. The molecule has 2 heterocycles. The van der Waals surface area contributed by atoms with Crippen LogP contribution in [0.2, 0.25) is 0 Å². The average Bonchev–Trinajstić information content (AvgIpc) is 2.75. The molecule has 0 fully saturated rings. The highest BCUT2D eigenvalue weighted by Crippen LogP contribution is 2.17. The van der Waals surface area contributed by atoms with Gasteiger partial charge in [0.2, 0.25) is 5.91 Å². The molecule has 0 saturated carbocycles. The van der Waals surface area contributed by atoms with E-state index >= 15 is 0 Å². The first kappa shape index (κ1) is 12.3. The molecule has 2 rings (SSSR count). The number of hydrogen-bond acceptors (Lipinski definition) is 3. The van der Waals surface area contributed by atoms with Gasteiger partial charge in [0, 0.05) is 10.7 Å². The normalized spacial score (nSPS) is 10.2. The molecule has 5 heteroatoms. The molecule has 1 amide bonds. The van der Waals surface area contributed by atoms with Gasteiger partial charge >= 0.3 is 0 Å². The van der Waals surface area contributed by atoms with Crippen LogP contribution < -0.4 is 5.32 Å². The van der Waals surface area contributed by atoms with Crippen molar-refractivity contribution < 1.29 is 4.79 Å². The number of amides is 1. The largest absolute Gasteiger partial charge is 0.310 e. The van der Waals surface area contributed by atoms with Crippen LogP contribution in [0.3, 0.4) is 0 Å². The molecular weight excluding hydrogens is 300 g/mol. The highest BCUT2D eigenvalue weighted by molar-refractivity contribution is 9.10. The minimum Gasteiger partial charge on any atom is -0.310 e. The maximum Gasteiger partial charge on any atom is 0.229 e. The number of nitrogens with zero attached hydrogens (tertiary/aromatic N) is 1. The molecule has 3 nitrogen and oxygen atoms in total. The topological polar surface area (TPSA) is 42.0 Å². The second kappa shape index (κ2) is 5.42. The van der Waals surface area contributed by atoms with Crippen LogP contribution in [0.15, 0.2) is 33.6 Å². The molecule has 2 aromatic heterocycles. The zero-order valence-corrected chi connectivity index (χ0v) is 11.6. The fourth-order valence-electron chi connectivity index (χ4n) is 1.43. The smallest absolute Gasteiger partial charge is 0.229 e. The van der Waals surface area contributed by atoms with Crippen LogP contribution in [0.4, 0.5) is 5.82 Å². The molecule has 17 heavy (non-hydrogen) atoms. The number of rotatable bonds is 3. The van der Waals surface area contributed by atoms with E-state index in [1.165, 1.54) is 0 Å². The zero-order valence-electron chi connectivity index (χ0n) is 9.24. The first-order chi connectivity index (χ1) is 8.15. The number of aryl methyl sites for hydroxylation is 1. The first-order valence-corrected chi connectivity index (χ1v) is 6.82. The third kappa shape index (κ3) is 3.38. The number of pyridine rings is 1. The van der Waals surface area contributed by atoms with Gasteiger partial charge in [-0.05, 0) is 56.9 Å². The average molecular weight is 311 g/mol. The van der Waals surface area contributed by atoms with Crippen LogP contribution in [0.25, 0.3) is 0 Å². The van der Waals surface area contributed by atoms with Crippen molar-refractivity contribution in [2.24, 2.45) is 0 Å². The Labute approximate surface area is 112 Å². The molecule has 2 aromatic rings. The van der Waals surface area contributed by atoms with Crippen molar-refractivity contribution in [3.8, 4) is 0 Å². The summed E-state index contributed by atoms with van der Waals surface area (Å²) in [6.45, 7) is 1.91. The highest BCUT2D eigenvalue weighted by Gasteiger charge is 2.07. The lowest BCUT2D eigenvalue weighted by Gasteiger charge is -2.06. The fraction of sp³-hybridized carbons (Fsp3) is 0.167. The molecule has 0 bridgehead atoms. The summed E-state index contributed by atoms with van der Waals surface area (Å²) < 4.78 is 0.908. The van der Waals surface area contributed by atoms with E-state index in [1.807, 2.05) is 29.8 Å². The lowest BCUT2D eigenvalue weighted by atomic mass is 10.2. The summed E-state index contributed by atoms with van der Waals surface area (Å²) in [5.41, 5.74) is 1.97. The highest BCUT2D eigenvalue weighted by atomic mass is 79.9. The number of nitrogens with one attached hydrogen (secondary N) is 1. The van der Waals surface area contributed by atoms with Crippen molar-refractivity contribution in [1.29, 1.82) is 0 Å². The number of hydrogen-bond donors (Lipinski definition) is 1. The van der Waals surface area contributed by atoms with Crippen LogP contribution in [0, 0.1) is 6.92 Å². The van der Waals surface area contributed by atoms with Gasteiger partial charge in [-0.2, -0.15) is 11.3 Å². The number of carbonyl (C=O) groups is 1. The third-order valence-electron chi connectivity index (χ3n) is 2.25. The molecule has 0 aromatic carbocycles. The number of anilines is 1.